The minimum absolute atomic E-state index is 0. The van der Waals surface area contributed by atoms with Crippen molar-refractivity contribution in [3.8, 4) is 0 Å². The molecule has 0 radical (unpaired) electrons. The second kappa shape index (κ2) is 3.96. The standard InChI is InChI=1S/C7H5F2.Na/c1-5-2-3-6(8)7(9)4-5;/h2-4H,1H2;/q-1;+1. The van der Waals surface area contributed by atoms with Gasteiger partial charge in [-0.25, -0.2) is 8.78 Å². The van der Waals surface area contributed by atoms with Crippen LogP contribution in [0.5, 0.6) is 0 Å². The zero-order chi connectivity index (χ0) is 6.85. The Balaban J connectivity index is 0.000000810. The average Bonchev–Trinajstić information content (AvgIpc) is 1.80. The summed E-state index contributed by atoms with van der Waals surface area (Å²) in [5.41, 5.74) is 0.480. The van der Waals surface area contributed by atoms with Crippen molar-refractivity contribution in [2.75, 3.05) is 0 Å². The summed E-state index contributed by atoms with van der Waals surface area (Å²) in [6.45, 7) is 3.42. The smallest absolute Gasteiger partial charge is 0.218 e. The van der Waals surface area contributed by atoms with Crippen LogP contribution in [0.2, 0.25) is 0 Å². The zero-order valence-electron chi connectivity index (χ0n) is 5.70. The summed E-state index contributed by atoms with van der Waals surface area (Å²) in [6.07, 6.45) is 0. The fourth-order valence-electron chi connectivity index (χ4n) is 0.540. The molecule has 10 heavy (non-hydrogen) atoms. The number of rotatable bonds is 0. The Morgan fingerprint density at radius 2 is 1.70 bits per heavy atom. The Morgan fingerprint density at radius 1 is 1.10 bits per heavy atom. The van der Waals surface area contributed by atoms with Gasteiger partial charge < -0.3 is 0 Å². The Labute approximate surface area is 80.5 Å². The van der Waals surface area contributed by atoms with Gasteiger partial charge in [0.05, 0.1) is 0 Å². The Bertz CT molecular complexity index is 223. The van der Waals surface area contributed by atoms with Gasteiger partial charge >= 0.3 is 29.6 Å². The summed E-state index contributed by atoms with van der Waals surface area (Å²) in [5, 5.41) is 0. The van der Waals surface area contributed by atoms with Crippen molar-refractivity contribution < 1.29 is 38.3 Å². The summed E-state index contributed by atoms with van der Waals surface area (Å²) >= 11 is 0. The molecule has 1 aromatic rings. The van der Waals surface area contributed by atoms with Crippen LogP contribution in [0.1, 0.15) is 5.56 Å². The van der Waals surface area contributed by atoms with E-state index in [2.05, 4.69) is 6.92 Å². The molecule has 0 bridgehead atoms. The third kappa shape index (κ3) is 2.29. The van der Waals surface area contributed by atoms with Gasteiger partial charge in [-0.2, -0.15) is 18.6 Å². The average molecular weight is 150 g/mol. The van der Waals surface area contributed by atoms with E-state index >= 15 is 0 Å². The van der Waals surface area contributed by atoms with E-state index in [4.69, 9.17) is 0 Å². The van der Waals surface area contributed by atoms with Gasteiger partial charge in [-0.05, 0) is 0 Å². The molecule has 48 valence electrons. The molecular formula is C7H5F2Na. The second-order valence-electron chi connectivity index (χ2n) is 1.75. The van der Waals surface area contributed by atoms with E-state index in [0.717, 1.165) is 12.1 Å². The van der Waals surface area contributed by atoms with Crippen molar-refractivity contribution in [3.05, 3.63) is 42.3 Å². The minimum Gasteiger partial charge on any atom is -0.218 e. The number of halogens is 2. The van der Waals surface area contributed by atoms with Crippen LogP contribution in [-0.4, -0.2) is 0 Å². The van der Waals surface area contributed by atoms with Gasteiger partial charge in [-0.15, -0.1) is 6.07 Å². The van der Waals surface area contributed by atoms with Crippen molar-refractivity contribution in [2.24, 2.45) is 0 Å². The van der Waals surface area contributed by atoms with Crippen molar-refractivity contribution in [3.63, 3.8) is 0 Å². The van der Waals surface area contributed by atoms with E-state index in [0.29, 0.717) is 5.56 Å². The maximum absolute atomic E-state index is 12.2. The molecule has 1 aromatic carbocycles. The van der Waals surface area contributed by atoms with E-state index in [1.807, 2.05) is 0 Å². The van der Waals surface area contributed by atoms with Gasteiger partial charge in [0.25, 0.3) is 0 Å². The molecule has 0 heterocycles. The van der Waals surface area contributed by atoms with Crippen LogP contribution in [0.4, 0.5) is 8.78 Å². The minimum atomic E-state index is -0.845. The van der Waals surface area contributed by atoms with Crippen molar-refractivity contribution in [1.29, 1.82) is 0 Å². The number of hydrogen-bond acceptors (Lipinski definition) is 0. The van der Waals surface area contributed by atoms with Crippen LogP contribution < -0.4 is 29.6 Å². The van der Waals surface area contributed by atoms with Gasteiger partial charge in [0, 0.05) is 0 Å². The monoisotopic (exact) mass is 150 g/mol. The molecule has 0 aliphatic rings. The Hall–Kier alpha value is -0.0500. The van der Waals surface area contributed by atoms with E-state index in [9.17, 15) is 8.78 Å². The molecular weight excluding hydrogens is 145 g/mol. The topological polar surface area (TPSA) is 0 Å². The summed E-state index contributed by atoms with van der Waals surface area (Å²) < 4.78 is 24.3. The summed E-state index contributed by atoms with van der Waals surface area (Å²) in [4.78, 5) is 0. The van der Waals surface area contributed by atoms with E-state index in [1.165, 1.54) is 6.07 Å². The van der Waals surface area contributed by atoms with Crippen LogP contribution in [0.3, 0.4) is 0 Å². The fraction of sp³-hybridized carbons (Fsp3) is 0. The first-order valence-corrected chi connectivity index (χ1v) is 2.47. The quantitative estimate of drug-likeness (QED) is 0.334. The first-order chi connectivity index (χ1) is 4.20. The van der Waals surface area contributed by atoms with Gasteiger partial charge in [-0.3, -0.25) is 0 Å². The SMILES string of the molecule is [CH2-]c1ccc(F)c(F)c1.[Na+]. The normalized spacial score (nSPS) is 8.60. The molecule has 0 nitrogen and oxygen atoms in total. The summed E-state index contributed by atoms with van der Waals surface area (Å²) in [5.74, 6) is -1.68. The van der Waals surface area contributed by atoms with Crippen molar-refractivity contribution in [2.45, 2.75) is 0 Å². The number of benzene rings is 1. The van der Waals surface area contributed by atoms with Crippen LogP contribution in [0.15, 0.2) is 18.2 Å². The maximum Gasteiger partial charge on any atom is 1.00 e. The van der Waals surface area contributed by atoms with Crippen LogP contribution in [0.25, 0.3) is 0 Å². The Morgan fingerprint density at radius 3 is 2.10 bits per heavy atom. The zero-order valence-corrected chi connectivity index (χ0v) is 7.70. The summed E-state index contributed by atoms with van der Waals surface area (Å²) in [6, 6.07) is 3.52. The molecule has 0 aliphatic heterocycles. The largest absolute Gasteiger partial charge is 1.00 e. The molecule has 0 saturated carbocycles. The molecule has 0 amide bonds. The molecule has 0 aromatic heterocycles. The molecule has 0 aliphatic carbocycles. The van der Waals surface area contributed by atoms with Crippen LogP contribution >= 0.6 is 0 Å². The molecule has 0 saturated heterocycles. The van der Waals surface area contributed by atoms with E-state index in [-0.39, 0.29) is 29.6 Å². The molecule has 0 N–H and O–H groups in total. The van der Waals surface area contributed by atoms with E-state index < -0.39 is 11.6 Å². The van der Waals surface area contributed by atoms with Crippen LogP contribution in [-0.2, 0) is 0 Å². The van der Waals surface area contributed by atoms with Gasteiger partial charge in [0.2, 0.25) is 0 Å². The number of hydrogen-bond donors (Lipinski definition) is 0. The predicted molar refractivity (Wildman–Crippen MR) is 30.8 cm³/mol. The first kappa shape index (κ1) is 9.95. The summed E-state index contributed by atoms with van der Waals surface area (Å²) in [7, 11) is 0. The molecule has 0 fully saturated rings. The van der Waals surface area contributed by atoms with Gasteiger partial charge in [0.15, 0.2) is 0 Å². The third-order valence-corrected chi connectivity index (χ3v) is 0.984. The van der Waals surface area contributed by atoms with Crippen LogP contribution in [0, 0.1) is 18.6 Å². The third-order valence-electron chi connectivity index (χ3n) is 0.984. The second-order valence-corrected chi connectivity index (χ2v) is 1.75. The van der Waals surface area contributed by atoms with Crippen molar-refractivity contribution >= 4 is 0 Å². The molecule has 1 rings (SSSR count). The molecule has 0 atom stereocenters. The fourth-order valence-corrected chi connectivity index (χ4v) is 0.540. The Kier molecular flexibility index (Phi) is 3.94. The predicted octanol–water partition coefficient (Wildman–Crippen LogP) is -0.849. The molecule has 0 unspecified atom stereocenters. The maximum atomic E-state index is 12.2. The molecule has 0 spiro atoms. The van der Waals surface area contributed by atoms with Gasteiger partial charge in [0.1, 0.15) is 11.6 Å². The molecule has 3 heteroatoms. The van der Waals surface area contributed by atoms with E-state index in [1.54, 1.807) is 0 Å². The van der Waals surface area contributed by atoms with Crippen molar-refractivity contribution in [1.82, 2.24) is 0 Å². The first-order valence-electron chi connectivity index (χ1n) is 2.47. The van der Waals surface area contributed by atoms with Gasteiger partial charge in [-0.1, -0.05) is 6.07 Å².